The molecule has 0 radical (unpaired) electrons. The Labute approximate surface area is 135 Å². The lowest BCUT2D eigenvalue weighted by atomic mass is 9.80. The number of hydrogen-bond donors (Lipinski definition) is 1. The van der Waals surface area contributed by atoms with E-state index in [1.165, 1.54) is 36.1 Å². The van der Waals surface area contributed by atoms with E-state index in [9.17, 15) is 0 Å². The van der Waals surface area contributed by atoms with Crippen LogP contribution in [-0.4, -0.2) is 11.8 Å². The molecule has 3 atom stereocenters. The van der Waals surface area contributed by atoms with Gasteiger partial charge in [-0.25, -0.2) is 0 Å². The third-order valence-electron chi connectivity index (χ3n) is 4.93. The van der Waals surface area contributed by atoms with Crippen molar-refractivity contribution in [3.05, 3.63) is 29.8 Å². The highest BCUT2D eigenvalue weighted by Crippen LogP contribution is 2.40. The summed E-state index contributed by atoms with van der Waals surface area (Å²) in [6.07, 6.45) is 5.34. The Hall–Kier alpha value is -0.470. The molecule has 1 nitrogen and oxygen atoms in total. The molecule has 1 fully saturated rings. The molecule has 0 heterocycles. The molecule has 2 heteroatoms. The number of hydrogen-bond acceptors (Lipinski definition) is 2. The first-order valence-corrected chi connectivity index (χ1v) is 9.29. The summed E-state index contributed by atoms with van der Waals surface area (Å²) in [6.45, 7) is 9.98. The fourth-order valence-electron chi connectivity index (χ4n) is 3.27. The maximum atomic E-state index is 6.00. The molecule has 2 rings (SSSR count). The second kappa shape index (κ2) is 7.19. The third kappa shape index (κ3) is 4.50. The van der Waals surface area contributed by atoms with E-state index in [-0.39, 0.29) is 5.41 Å². The van der Waals surface area contributed by atoms with Gasteiger partial charge in [0, 0.05) is 10.1 Å². The van der Waals surface area contributed by atoms with Gasteiger partial charge in [-0.05, 0) is 54.3 Å². The summed E-state index contributed by atoms with van der Waals surface area (Å²) in [5, 5.41) is 0.703. The van der Waals surface area contributed by atoms with Crippen molar-refractivity contribution in [3.8, 4) is 0 Å². The highest BCUT2D eigenvalue weighted by atomic mass is 32.2. The molecule has 0 aromatic heterocycles. The first-order chi connectivity index (χ1) is 9.94. The second-order valence-corrected chi connectivity index (χ2v) is 8.83. The standard InChI is InChI=1S/C19H31NS/c1-5-14-6-7-15(13-20)18(12-14)21-17-10-8-16(9-11-17)19(2,3)4/h8-11,14-15,18H,5-7,12-13,20H2,1-4H3. The van der Waals surface area contributed by atoms with Crippen LogP contribution in [0.1, 0.15) is 58.9 Å². The van der Waals surface area contributed by atoms with Gasteiger partial charge in [0.05, 0.1) is 0 Å². The maximum Gasteiger partial charge on any atom is 0.0137 e. The van der Waals surface area contributed by atoms with Gasteiger partial charge in [0.2, 0.25) is 0 Å². The van der Waals surface area contributed by atoms with Crippen LogP contribution in [0.15, 0.2) is 29.2 Å². The summed E-state index contributed by atoms with van der Waals surface area (Å²) in [6, 6.07) is 9.18. The monoisotopic (exact) mass is 305 g/mol. The maximum absolute atomic E-state index is 6.00. The van der Waals surface area contributed by atoms with Crippen LogP contribution in [0.5, 0.6) is 0 Å². The van der Waals surface area contributed by atoms with Crippen molar-refractivity contribution in [2.75, 3.05) is 6.54 Å². The lowest BCUT2D eigenvalue weighted by molar-refractivity contribution is 0.284. The highest BCUT2D eigenvalue weighted by molar-refractivity contribution is 8.00. The van der Waals surface area contributed by atoms with Crippen LogP contribution in [0.3, 0.4) is 0 Å². The van der Waals surface area contributed by atoms with Crippen molar-refractivity contribution in [2.24, 2.45) is 17.6 Å². The normalized spacial score (nSPS) is 26.8. The van der Waals surface area contributed by atoms with Crippen molar-refractivity contribution in [1.29, 1.82) is 0 Å². The quantitative estimate of drug-likeness (QED) is 0.824. The Kier molecular flexibility index (Phi) is 5.79. The summed E-state index contributed by atoms with van der Waals surface area (Å²) in [5.41, 5.74) is 7.65. The predicted octanol–water partition coefficient (Wildman–Crippen LogP) is 5.23. The van der Waals surface area contributed by atoms with E-state index in [1.807, 2.05) is 0 Å². The summed E-state index contributed by atoms with van der Waals surface area (Å²) < 4.78 is 0. The average Bonchev–Trinajstić information content (AvgIpc) is 2.46. The van der Waals surface area contributed by atoms with Gasteiger partial charge in [0.15, 0.2) is 0 Å². The second-order valence-electron chi connectivity index (χ2n) is 7.51. The first kappa shape index (κ1) is 16.9. The molecule has 0 aliphatic heterocycles. The Balaban J connectivity index is 2.05. The number of benzene rings is 1. The van der Waals surface area contributed by atoms with Gasteiger partial charge < -0.3 is 5.73 Å². The summed E-state index contributed by atoms with van der Waals surface area (Å²) >= 11 is 2.06. The van der Waals surface area contributed by atoms with E-state index in [2.05, 4.69) is 63.7 Å². The molecule has 21 heavy (non-hydrogen) atoms. The molecule has 0 saturated heterocycles. The molecule has 3 unspecified atom stereocenters. The van der Waals surface area contributed by atoms with Crippen molar-refractivity contribution < 1.29 is 0 Å². The number of nitrogens with two attached hydrogens (primary N) is 1. The van der Waals surface area contributed by atoms with Gasteiger partial charge in [-0.2, -0.15) is 0 Å². The average molecular weight is 306 g/mol. The fraction of sp³-hybridized carbons (Fsp3) is 0.684. The molecule has 2 N–H and O–H groups in total. The molecule has 118 valence electrons. The van der Waals surface area contributed by atoms with Crippen LogP contribution in [0.25, 0.3) is 0 Å². The topological polar surface area (TPSA) is 26.0 Å². The minimum Gasteiger partial charge on any atom is -0.330 e. The van der Waals surface area contributed by atoms with Crippen molar-refractivity contribution in [1.82, 2.24) is 0 Å². The fourth-order valence-corrected chi connectivity index (χ4v) is 4.72. The molecule has 0 bridgehead atoms. The Morgan fingerprint density at radius 3 is 2.33 bits per heavy atom. The smallest absolute Gasteiger partial charge is 0.0137 e. The Morgan fingerprint density at radius 2 is 1.81 bits per heavy atom. The molecular formula is C19H31NS. The van der Waals surface area contributed by atoms with E-state index in [0.29, 0.717) is 11.2 Å². The molecule has 1 aromatic rings. The lowest BCUT2D eigenvalue weighted by Crippen LogP contribution is -2.32. The van der Waals surface area contributed by atoms with Gasteiger partial charge in [-0.15, -0.1) is 11.8 Å². The summed E-state index contributed by atoms with van der Waals surface area (Å²) in [5.74, 6) is 1.60. The van der Waals surface area contributed by atoms with E-state index in [1.54, 1.807) is 0 Å². The van der Waals surface area contributed by atoms with Crippen LogP contribution >= 0.6 is 11.8 Å². The Bertz CT molecular complexity index is 432. The molecular weight excluding hydrogens is 274 g/mol. The highest BCUT2D eigenvalue weighted by Gasteiger charge is 2.29. The van der Waals surface area contributed by atoms with Gasteiger partial charge in [0.1, 0.15) is 0 Å². The zero-order valence-corrected chi connectivity index (χ0v) is 14.9. The molecule has 0 spiro atoms. The van der Waals surface area contributed by atoms with Crippen LogP contribution in [0.4, 0.5) is 0 Å². The molecule has 0 amide bonds. The van der Waals surface area contributed by atoms with Gasteiger partial charge in [-0.1, -0.05) is 52.7 Å². The molecule has 1 saturated carbocycles. The van der Waals surface area contributed by atoms with Crippen molar-refractivity contribution in [2.45, 2.75) is 68.9 Å². The van der Waals surface area contributed by atoms with Crippen LogP contribution in [0.2, 0.25) is 0 Å². The van der Waals surface area contributed by atoms with E-state index in [4.69, 9.17) is 5.73 Å². The Morgan fingerprint density at radius 1 is 1.14 bits per heavy atom. The van der Waals surface area contributed by atoms with Crippen LogP contribution < -0.4 is 5.73 Å². The zero-order valence-electron chi connectivity index (χ0n) is 14.1. The summed E-state index contributed by atoms with van der Waals surface area (Å²) in [4.78, 5) is 1.41. The molecule has 1 aliphatic rings. The predicted molar refractivity (Wildman–Crippen MR) is 95.0 cm³/mol. The molecule has 1 aromatic carbocycles. The van der Waals surface area contributed by atoms with Crippen molar-refractivity contribution >= 4 is 11.8 Å². The van der Waals surface area contributed by atoms with Gasteiger partial charge in [0.25, 0.3) is 0 Å². The van der Waals surface area contributed by atoms with E-state index < -0.39 is 0 Å². The number of rotatable bonds is 4. The van der Waals surface area contributed by atoms with Gasteiger partial charge in [-0.3, -0.25) is 0 Å². The lowest BCUT2D eigenvalue weighted by Gasteiger charge is -2.35. The first-order valence-electron chi connectivity index (χ1n) is 8.41. The van der Waals surface area contributed by atoms with Crippen LogP contribution in [-0.2, 0) is 5.41 Å². The van der Waals surface area contributed by atoms with Crippen LogP contribution in [0, 0.1) is 11.8 Å². The molecule has 1 aliphatic carbocycles. The van der Waals surface area contributed by atoms with E-state index in [0.717, 1.165) is 12.5 Å². The number of thioether (sulfide) groups is 1. The minimum atomic E-state index is 0.237. The van der Waals surface area contributed by atoms with E-state index >= 15 is 0 Å². The van der Waals surface area contributed by atoms with Gasteiger partial charge >= 0.3 is 0 Å². The minimum absolute atomic E-state index is 0.237. The van der Waals surface area contributed by atoms with Crippen molar-refractivity contribution in [3.63, 3.8) is 0 Å². The SMILES string of the molecule is CCC1CCC(CN)C(Sc2ccc(C(C)(C)C)cc2)C1. The third-order valence-corrected chi connectivity index (χ3v) is 6.35. The zero-order chi connectivity index (χ0) is 15.5. The largest absolute Gasteiger partial charge is 0.330 e. The summed E-state index contributed by atoms with van der Waals surface area (Å²) in [7, 11) is 0.